The first-order valence-corrected chi connectivity index (χ1v) is 14.2. The minimum absolute atomic E-state index is 0.101. The SMILES string of the molecule is CCCCCCCC(CCCCCCCCOC(C)=O)OC(=O)/C=C/c1ccc(OC(C)=O)c(OC(C)=O)c1. The van der Waals surface area contributed by atoms with Gasteiger partial charge >= 0.3 is 23.9 Å². The zero-order chi connectivity index (χ0) is 28.9. The van der Waals surface area contributed by atoms with Crippen LogP contribution in [0.5, 0.6) is 11.5 Å². The molecule has 0 aliphatic carbocycles. The molecule has 0 aromatic heterocycles. The largest absolute Gasteiger partial charge is 0.466 e. The van der Waals surface area contributed by atoms with Crippen molar-refractivity contribution in [2.75, 3.05) is 6.61 Å². The lowest BCUT2D eigenvalue weighted by molar-refractivity contribution is -0.144. The Labute approximate surface area is 233 Å². The molecule has 1 atom stereocenters. The first-order valence-electron chi connectivity index (χ1n) is 14.2. The third-order valence-corrected chi connectivity index (χ3v) is 6.03. The van der Waals surface area contributed by atoms with Crippen LogP contribution in [-0.4, -0.2) is 36.6 Å². The van der Waals surface area contributed by atoms with Crippen LogP contribution in [0.4, 0.5) is 0 Å². The van der Waals surface area contributed by atoms with Crippen LogP contribution in [0.25, 0.3) is 6.08 Å². The molecule has 218 valence electrons. The number of esters is 4. The van der Waals surface area contributed by atoms with Gasteiger partial charge in [0.1, 0.15) is 6.10 Å². The van der Waals surface area contributed by atoms with Gasteiger partial charge in [-0.05, 0) is 55.9 Å². The first-order chi connectivity index (χ1) is 18.7. The second kappa shape index (κ2) is 20.8. The fourth-order valence-electron chi connectivity index (χ4n) is 4.10. The molecule has 1 unspecified atom stereocenters. The normalized spacial score (nSPS) is 11.7. The summed E-state index contributed by atoms with van der Waals surface area (Å²) in [4.78, 5) is 46.2. The number of hydrogen-bond acceptors (Lipinski definition) is 8. The number of rotatable bonds is 20. The van der Waals surface area contributed by atoms with Crippen molar-refractivity contribution < 1.29 is 38.1 Å². The van der Waals surface area contributed by atoms with Crippen molar-refractivity contribution in [1.29, 1.82) is 0 Å². The van der Waals surface area contributed by atoms with E-state index in [1.165, 1.54) is 58.2 Å². The van der Waals surface area contributed by atoms with E-state index < -0.39 is 17.9 Å². The molecule has 0 saturated carbocycles. The van der Waals surface area contributed by atoms with Crippen LogP contribution in [-0.2, 0) is 28.7 Å². The summed E-state index contributed by atoms with van der Waals surface area (Å²) >= 11 is 0. The summed E-state index contributed by atoms with van der Waals surface area (Å²) in [6.45, 7) is 6.61. The lowest BCUT2D eigenvalue weighted by atomic mass is 10.0. The van der Waals surface area contributed by atoms with E-state index in [1.807, 2.05) is 0 Å². The van der Waals surface area contributed by atoms with Crippen molar-refractivity contribution in [3.05, 3.63) is 29.8 Å². The molecule has 0 bridgehead atoms. The second-order valence-corrected chi connectivity index (χ2v) is 9.74. The number of ether oxygens (including phenoxy) is 4. The van der Waals surface area contributed by atoms with Crippen LogP contribution in [0.15, 0.2) is 24.3 Å². The number of benzene rings is 1. The predicted molar refractivity (Wildman–Crippen MR) is 150 cm³/mol. The topological polar surface area (TPSA) is 105 Å². The van der Waals surface area contributed by atoms with Gasteiger partial charge in [0.25, 0.3) is 0 Å². The van der Waals surface area contributed by atoms with E-state index in [9.17, 15) is 19.2 Å². The molecular formula is C31H46O8. The van der Waals surface area contributed by atoms with Crippen LogP contribution in [0, 0.1) is 0 Å². The molecule has 0 fully saturated rings. The smallest absolute Gasteiger partial charge is 0.331 e. The molecule has 1 rings (SSSR count). The van der Waals surface area contributed by atoms with E-state index in [4.69, 9.17) is 18.9 Å². The Morgan fingerprint density at radius 3 is 1.87 bits per heavy atom. The Morgan fingerprint density at radius 2 is 1.28 bits per heavy atom. The quantitative estimate of drug-likeness (QED) is 0.0737. The maximum absolute atomic E-state index is 12.6. The van der Waals surface area contributed by atoms with E-state index in [2.05, 4.69) is 6.92 Å². The van der Waals surface area contributed by atoms with Gasteiger partial charge in [0.05, 0.1) is 6.61 Å². The van der Waals surface area contributed by atoms with Gasteiger partial charge in [0.15, 0.2) is 11.5 Å². The Kier molecular flexibility index (Phi) is 18.0. The molecular weight excluding hydrogens is 500 g/mol. The van der Waals surface area contributed by atoms with Gasteiger partial charge in [0, 0.05) is 26.8 Å². The third-order valence-electron chi connectivity index (χ3n) is 6.03. The summed E-state index contributed by atoms with van der Waals surface area (Å²) in [5.74, 6) is -1.50. The summed E-state index contributed by atoms with van der Waals surface area (Å²) in [7, 11) is 0. The lowest BCUT2D eigenvalue weighted by Crippen LogP contribution is -2.17. The molecule has 8 heteroatoms. The number of carbonyl (C=O) groups is 4. The molecule has 0 spiro atoms. The van der Waals surface area contributed by atoms with Crippen LogP contribution in [0.3, 0.4) is 0 Å². The monoisotopic (exact) mass is 546 g/mol. The van der Waals surface area contributed by atoms with Crippen molar-refractivity contribution in [1.82, 2.24) is 0 Å². The molecule has 1 aromatic carbocycles. The van der Waals surface area contributed by atoms with E-state index in [0.717, 1.165) is 64.2 Å². The predicted octanol–water partition coefficient (Wildman–Crippen LogP) is 7.12. The zero-order valence-electron chi connectivity index (χ0n) is 24.1. The second-order valence-electron chi connectivity index (χ2n) is 9.74. The summed E-state index contributed by atoms with van der Waals surface area (Å²) in [6, 6.07) is 4.70. The van der Waals surface area contributed by atoms with Crippen LogP contribution < -0.4 is 9.47 Å². The number of unbranched alkanes of at least 4 members (excludes halogenated alkanes) is 9. The van der Waals surface area contributed by atoms with E-state index in [1.54, 1.807) is 12.1 Å². The average molecular weight is 547 g/mol. The fourth-order valence-corrected chi connectivity index (χ4v) is 4.10. The molecule has 1 aromatic rings. The van der Waals surface area contributed by atoms with Crippen LogP contribution in [0.2, 0.25) is 0 Å². The van der Waals surface area contributed by atoms with E-state index >= 15 is 0 Å². The van der Waals surface area contributed by atoms with Gasteiger partial charge in [-0.3, -0.25) is 14.4 Å². The number of hydrogen-bond donors (Lipinski definition) is 0. The molecule has 0 N–H and O–H groups in total. The molecule has 0 amide bonds. The van der Waals surface area contributed by atoms with Crippen molar-refractivity contribution in [2.45, 2.75) is 117 Å². The van der Waals surface area contributed by atoms with Gasteiger partial charge in [-0.25, -0.2) is 4.79 Å². The molecule has 0 aliphatic rings. The minimum Gasteiger partial charge on any atom is -0.466 e. The molecule has 8 nitrogen and oxygen atoms in total. The maximum Gasteiger partial charge on any atom is 0.331 e. The number of carbonyl (C=O) groups excluding carboxylic acids is 4. The average Bonchev–Trinajstić information content (AvgIpc) is 2.86. The summed E-state index contributed by atoms with van der Waals surface area (Å²) in [6.07, 6.45) is 16.4. The Balaban J connectivity index is 2.62. The van der Waals surface area contributed by atoms with Crippen LogP contribution >= 0.6 is 0 Å². The summed E-state index contributed by atoms with van der Waals surface area (Å²) < 4.78 is 21.0. The van der Waals surface area contributed by atoms with Gasteiger partial charge in [-0.1, -0.05) is 64.4 Å². The highest BCUT2D eigenvalue weighted by Gasteiger charge is 2.14. The molecule has 0 radical (unpaired) electrons. The molecule has 0 saturated heterocycles. The Hall–Kier alpha value is -3.16. The highest BCUT2D eigenvalue weighted by molar-refractivity contribution is 5.87. The highest BCUT2D eigenvalue weighted by Crippen LogP contribution is 2.29. The van der Waals surface area contributed by atoms with Crippen LogP contribution in [0.1, 0.15) is 117 Å². The van der Waals surface area contributed by atoms with Crippen molar-refractivity contribution in [3.8, 4) is 11.5 Å². The molecule has 0 aliphatic heterocycles. The van der Waals surface area contributed by atoms with Gasteiger partial charge in [-0.2, -0.15) is 0 Å². The fraction of sp³-hybridized carbons (Fsp3) is 0.613. The van der Waals surface area contributed by atoms with Gasteiger partial charge < -0.3 is 18.9 Å². The van der Waals surface area contributed by atoms with Crippen molar-refractivity contribution in [2.24, 2.45) is 0 Å². The molecule has 0 heterocycles. The van der Waals surface area contributed by atoms with Crippen molar-refractivity contribution in [3.63, 3.8) is 0 Å². The Bertz CT molecular complexity index is 921. The Morgan fingerprint density at radius 1 is 0.718 bits per heavy atom. The molecule has 39 heavy (non-hydrogen) atoms. The third kappa shape index (κ3) is 17.9. The highest BCUT2D eigenvalue weighted by atomic mass is 16.6. The van der Waals surface area contributed by atoms with E-state index in [0.29, 0.717) is 12.2 Å². The van der Waals surface area contributed by atoms with Gasteiger partial charge in [0.2, 0.25) is 0 Å². The summed E-state index contributed by atoms with van der Waals surface area (Å²) in [5, 5.41) is 0. The lowest BCUT2D eigenvalue weighted by Gasteiger charge is -2.17. The van der Waals surface area contributed by atoms with Gasteiger partial charge in [-0.15, -0.1) is 0 Å². The summed E-state index contributed by atoms with van der Waals surface area (Å²) in [5.41, 5.74) is 0.601. The first kappa shape index (κ1) is 33.9. The maximum atomic E-state index is 12.6. The zero-order valence-corrected chi connectivity index (χ0v) is 24.1. The standard InChI is InChI=1S/C31H46O8/c1-5-6-7-10-13-16-28(17-14-11-8-9-12-15-22-36-24(2)32)39-31(35)21-19-27-18-20-29(37-25(3)33)30(23-27)38-26(4)34/h18-21,23,28H,5-17,22H2,1-4H3/b21-19+. The van der Waals surface area contributed by atoms with Crippen molar-refractivity contribution >= 4 is 30.0 Å². The minimum atomic E-state index is -0.548. The van der Waals surface area contributed by atoms with E-state index in [-0.39, 0.29) is 23.6 Å².